The molecule has 2 aromatic rings. The van der Waals surface area contributed by atoms with Crippen LogP contribution in [0.15, 0.2) is 36.5 Å². The van der Waals surface area contributed by atoms with E-state index in [1.807, 2.05) is 7.05 Å². The second-order valence-corrected chi connectivity index (χ2v) is 4.75. The Kier molecular flexibility index (Phi) is 4.21. The average molecular weight is 242 g/mol. The zero-order chi connectivity index (χ0) is 13.0. The lowest BCUT2D eigenvalue weighted by atomic mass is 10.1. The number of benzene rings is 1. The number of hydrogen-bond acceptors (Lipinski definition) is 1. The molecule has 0 saturated heterocycles. The van der Waals surface area contributed by atoms with E-state index < -0.39 is 0 Å². The lowest BCUT2D eigenvalue weighted by Gasteiger charge is -2.08. The van der Waals surface area contributed by atoms with Gasteiger partial charge in [-0.3, -0.25) is 0 Å². The van der Waals surface area contributed by atoms with Crippen LogP contribution < -0.4 is 5.32 Å². The third kappa shape index (κ3) is 2.82. The lowest BCUT2D eigenvalue weighted by molar-refractivity contribution is 0.752. The molecule has 96 valence electrons. The summed E-state index contributed by atoms with van der Waals surface area (Å²) in [5.41, 5.74) is 5.49. The van der Waals surface area contributed by atoms with Gasteiger partial charge in [-0.25, -0.2) is 0 Å². The summed E-state index contributed by atoms with van der Waals surface area (Å²) >= 11 is 0. The normalized spacial score (nSPS) is 10.8. The number of aromatic nitrogens is 1. The van der Waals surface area contributed by atoms with Crippen LogP contribution >= 0.6 is 0 Å². The van der Waals surface area contributed by atoms with E-state index in [1.165, 1.54) is 22.4 Å². The molecule has 0 amide bonds. The maximum absolute atomic E-state index is 3.20. The highest BCUT2D eigenvalue weighted by molar-refractivity contribution is 5.26. The molecule has 0 bridgehead atoms. The van der Waals surface area contributed by atoms with Crippen molar-refractivity contribution in [2.24, 2.45) is 0 Å². The second kappa shape index (κ2) is 5.87. The van der Waals surface area contributed by atoms with E-state index in [4.69, 9.17) is 0 Å². The van der Waals surface area contributed by atoms with E-state index in [1.54, 1.807) is 0 Å². The van der Waals surface area contributed by atoms with Crippen LogP contribution in [0.1, 0.15) is 29.3 Å². The second-order valence-electron chi connectivity index (χ2n) is 4.75. The molecule has 2 nitrogen and oxygen atoms in total. The van der Waals surface area contributed by atoms with Crippen molar-refractivity contribution in [3.8, 4) is 0 Å². The third-order valence-electron chi connectivity index (χ3n) is 3.50. The Morgan fingerprint density at radius 2 is 1.72 bits per heavy atom. The first-order valence-electron chi connectivity index (χ1n) is 6.61. The molecule has 2 heteroatoms. The quantitative estimate of drug-likeness (QED) is 0.852. The molecule has 1 heterocycles. The van der Waals surface area contributed by atoms with Crippen LogP contribution in [0.25, 0.3) is 0 Å². The van der Waals surface area contributed by atoms with Gasteiger partial charge < -0.3 is 9.88 Å². The van der Waals surface area contributed by atoms with Gasteiger partial charge in [-0.1, -0.05) is 31.2 Å². The van der Waals surface area contributed by atoms with Gasteiger partial charge in [0.2, 0.25) is 0 Å². The van der Waals surface area contributed by atoms with Crippen molar-refractivity contribution in [1.29, 1.82) is 0 Å². The zero-order valence-corrected chi connectivity index (χ0v) is 11.5. The number of nitrogens with one attached hydrogen (secondary N) is 1. The molecule has 0 aliphatic carbocycles. The Balaban J connectivity index is 2.12. The molecule has 1 N–H and O–H groups in total. The molecule has 0 fully saturated rings. The minimum absolute atomic E-state index is 0.938. The van der Waals surface area contributed by atoms with Gasteiger partial charge >= 0.3 is 0 Å². The van der Waals surface area contributed by atoms with Gasteiger partial charge in [-0.05, 0) is 43.1 Å². The van der Waals surface area contributed by atoms with Crippen molar-refractivity contribution in [3.05, 3.63) is 58.9 Å². The summed E-state index contributed by atoms with van der Waals surface area (Å²) in [6, 6.07) is 11.1. The van der Waals surface area contributed by atoms with Gasteiger partial charge in [0.1, 0.15) is 0 Å². The molecule has 1 aromatic carbocycles. The largest absolute Gasteiger partial charge is 0.347 e. The van der Waals surface area contributed by atoms with Crippen LogP contribution in [0.4, 0.5) is 0 Å². The molecule has 0 atom stereocenters. The fourth-order valence-corrected chi connectivity index (χ4v) is 2.22. The SMILES string of the molecule is CCc1ccc(Cn2ccc(CNC)c2C)cc1. The highest BCUT2D eigenvalue weighted by Gasteiger charge is 2.04. The monoisotopic (exact) mass is 242 g/mol. The summed E-state index contributed by atoms with van der Waals surface area (Å²) in [6.07, 6.45) is 3.28. The van der Waals surface area contributed by atoms with E-state index >= 15 is 0 Å². The fraction of sp³-hybridized carbons (Fsp3) is 0.375. The van der Waals surface area contributed by atoms with Crippen molar-refractivity contribution < 1.29 is 0 Å². The number of rotatable bonds is 5. The molecular weight excluding hydrogens is 220 g/mol. The Hall–Kier alpha value is -1.54. The molecule has 2 rings (SSSR count). The molecule has 18 heavy (non-hydrogen) atoms. The molecule has 0 saturated carbocycles. The van der Waals surface area contributed by atoms with Crippen molar-refractivity contribution in [1.82, 2.24) is 9.88 Å². The average Bonchev–Trinajstić information content (AvgIpc) is 2.73. The molecule has 0 unspecified atom stereocenters. The van der Waals surface area contributed by atoms with E-state index in [-0.39, 0.29) is 0 Å². The predicted molar refractivity (Wildman–Crippen MR) is 76.9 cm³/mol. The highest BCUT2D eigenvalue weighted by Crippen LogP contribution is 2.13. The molecule has 0 aliphatic heterocycles. The summed E-state index contributed by atoms with van der Waals surface area (Å²) in [4.78, 5) is 0. The van der Waals surface area contributed by atoms with Gasteiger partial charge in [0.25, 0.3) is 0 Å². The van der Waals surface area contributed by atoms with Crippen molar-refractivity contribution in [3.63, 3.8) is 0 Å². The topological polar surface area (TPSA) is 17.0 Å². The Labute approximate surface area is 110 Å². The first-order chi connectivity index (χ1) is 8.74. The lowest BCUT2D eigenvalue weighted by Crippen LogP contribution is -2.07. The van der Waals surface area contributed by atoms with Crippen LogP contribution in [0, 0.1) is 6.92 Å². The van der Waals surface area contributed by atoms with Gasteiger partial charge in [-0.2, -0.15) is 0 Å². The first kappa shape index (κ1) is 12.9. The van der Waals surface area contributed by atoms with Crippen LogP contribution in [0.2, 0.25) is 0 Å². The standard InChI is InChI=1S/C16H22N2/c1-4-14-5-7-15(8-6-14)12-18-10-9-16(11-17-3)13(18)2/h5-10,17H,4,11-12H2,1-3H3. The summed E-state index contributed by atoms with van der Waals surface area (Å²) in [6.45, 7) is 6.27. The predicted octanol–water partition coefficient (Wildman–Crippen LogP) is 3.13. The van der Waals surface area contributed by atoms with E-state index in [0.29, 0.717) is 0 Å². The Morgan fingerprint density at radius 1 is 1.06 bits per heavy atom. The maximum atomic E-state index is 3.20. The molecule has 0 radical (unpaired) electrons. The van der Waals surface area contributed by atoms with Crippen LogP contribution in [-0.2, 0) is 19.5 Å². The van der Waals surface area contributed by atoms with Gasteiger partial charge in [-0.15, -0.1) is 0 Å². The number of aryl methyl sites for hydroxylation is 1. The van der Waals surface area contributed by atoms with Crippen LogP contribution in [-0.4, -0.2) is 11.6 Å². The number of hydrogen-bond donors (Lipinski definition) is 1. The summed E-state index contributed by atoms with van der Waals surface area (Å²) < 4.78 is 2.31. The molecule has 0 spiro atoms. The maximum Gasteiger partial charge on any atom is 0.0472 e. The van der Waals surface area contributed by atoms with Gasteiger partial charge in [0, 0.05) is 25.0 Å². The Morgan fingerprint density at radius 3 is 2.33 bits per heavy atom. The van der Waals surface area contributed by atoms with Crippen LogP contribution in [0.3, 0.4) is 0 Å². The van der Waals surface area contributed by atoms with E-state index in [2.05, 4.69) is 60.3 Å². The summed E-state index contributed by atoms with van der Waals surface area (Å²) in [5.74, 6) is 0. The number of nitrogens with zero attached hydrogens (tertiary/aromatic N) is 1. The van der Waals surface area contributed by atoms with Crippen molar-refractivity contribution in [2.45, 2.75) is 33.4 Å². The van der Waals surface area contributed by atoms with Crippen molar-refractivity contribution in [2.75, 3.05) is 7.05 Å². The summed E-state index contributed by atoms with van der Waals surface area (Å²) in [5, 5.41) is 3.20. The molecule has 1 aromatic heterocycles. The minimum atomic E-state index is 0.938. The Bertz CT molecular complexity index is 494. The van der Waals surface area contributed by atoms with Gasteiger partial charge in [0.15, 0.2) is 0 Å². The zero-order valence-electron chi connectivity index (χ0n) is 11.5. The summed E-state index contributed by atoms with van der Waals surface area (Å²) in [7, 11) is 1.99. The van der Waals surface area contributed by atoms with E-state index in [9.17, 15) is 0 Å². The van der Waals surface area contributed by atoms with Crippen molar-refractivity contribution >= 4 is 0 Å². The molecule has 0 aliphatic rings. The van der Waals surface area contributed by atoms with Gasteiger partial charge in [0.05, 0.1) is 0 Å². The minimum Gasteiger partial charge on any atom is -0.347 e. The first-order valence-corrected chi connectivity index (χ1v) is 6.61. The molecular formula is C16H22N2. The van der Waals surface area contributed by atoms with Crippen LogP contribution in [0.5, 0.6) is 0 Å². The third-order valence-corrected chi connectivity index (χ3v) is 3.50. The highest BCUT2D eigenvalue weighted by atomic mass is 15.0. The smallest absolute Gasteiger partial charge is 0.0472 e. The van der Waals surface area contributed by atoms with E-state index in [0.717, 1.165) is 19.5 Å². The fourth-order valence-electron chi connectivity index (χ4n) is 2.22.